The number of rotatable bonds is 8. The van der Waals surface area contributed by atoms with Gasteiger partial charge in [-0.3, -0.25) is 9.15 Å². The van der Waals surface area contributed by atoms with Gasteiger partial charge in [-0.15, -0.1) is 24.3 Å². The summed E-state index contributed by atoms with van der Waals surface area (Å²) in [4.78, 5) is 0. The van der Waals surface area contributed by atoms with Gasteiger partial charge in [-0.2, -0.15) is 0 Å². The van der Waals surface area contributed by atoms with Crippen LogP contribution < -0.4 is 9.47 Å². The second-order valence-electron chi connectivity index (χ2n) is 5.65. The maximum absolute atomic E-state index is 5.96. The highest BCUT2D eigenvalue weighted by Crippen LogP contribution is 2.24. The summed E-state index contributed by atoms with van der Waals surface area (Å²) in [6, 6.07) is 15.6. The van der Waals surface area contributed by atoms with Crippen LogP contribution in [0.2, 0.25) is 0 Å². The van der Waals surface area contributed by atoms with Crippen LogP contribution in [0.15, 0.2) is 48.5 Å². The van der Waals surface area contributed by atoms with Gasteiger partial charge in [0.1, 0.15) is 14.1 Å². The Bertz CT molecular complexity index is 664. The van der Waals surface area contributed by atoms with Crippen LogP contribution in [-0.4, -0.2) is 43.0 Å². The fourth-order valence-corrected chi connectivity index (χ4v) is 2.25. The third kappa shape index (κ3) is 5.09. The lowest BCUT2D eigenvalue weighted by atomic mass is 10.2. The average Bonchev–Trinajstić information content (AvgIpc) is 2.50. The molecule has 0 bridgehead atoms. The second-order valence-corrected chi connectivity index (χ2v) is 5.65. The molecule has 2 aromatic carbocycles. The lowest BCUT2D eigenvalue weighted by Crippen LogP contribution is -2.21. The Kier molecular flexibility index (Phi) is 5.90. The molecule has 0 aliphatic carbocycles. The molecular formula is C20H24N2O2. The van der Waals surface area contributed by atoms with Crippen LogP contribution in [0.1, 0.15) is 18.1 Å². The molecular weight excluding hydrogens is 300 g/mol. The Hall–Kier alpha value is -2.88. The molecule has 0 aliphatic heterocycles. The van der Waals surface area contributed by atoms with Crippen LogP contribution in [0, 0.1) is 13.1 Å². The largest absolute Gasteiger partial charge is 0.502 e. The molecule has 0 radical (unpaired) electrons. The molecule has 24 heavy (non-hydrogen) atoms. The van der Waals surface area contributed by atoms with Crippen LogP contribution >= 0.6 is 0 Å². The molecule has 0 unspecified atom stereocenters. The fourth-order valence-electron chi connectivity index (χ4n) is 2.25. The number of nitrogens with zero attached hydrogens (tertiary/aromatic N) is 2. The quantitative estimate of drug-likeness (QED) is 0.322. The van der Waals surface area contributed by atoms with Gasteiger partial charge < -0.3 is 9.47 Å². The molecule has 0 saturated heterocycles. The molecule has 4 nitrogen and oxygen atoms in total. The normalized spacial score (nSPS) is 10.2. The summed E-state index contributed by atoms with van der Waals surface area (Å²) in [5.41, 5.74) is 1.89. The van der Waals surface area contributed by atoms with E-state index in [0.717, 1.165) is 22.6 Å². The van der Waals surface area contributed by atoms with Gasteiger partial charge in [-0.05, 0) is 11.1 Å². The van der Waals surface area contributed by atoms with Crippen molar-refractivity contribution in [1.82, 2.24) is 0 Å². The molecule has 0 aromatic heterocycles. The van der Waals surface area contributed by atoms with Gasteiger partial charge in [-0.25, -0.2) is 0 Å². The van der Waals surface area contributed by atoms with E-state index in [-0.39, 0.29) is 0 Å². The van der Waals surface area contributed by atoms with Crippen molar-refractivity contribution in [2.24, 2.45) is 0 Å². The van der Waals surface area contributed by atoms with E-state index >= 15 is 0 Å². The first-order valence-corrected chi connectivity index (χ1v) is 7.73. The Morgan fingerprint density at radius 1 is 0.792 bits per heavy atom. The van der Waals surface area contributed by atoms with E-state index < -0.39 is 6.29 Å². The first-order valence-electron chi connectivity index (χ1n) is 7.73. The lowest BCUT2D eigenvalue weighted by Gasteiger charge is -2.24. The third-order valence-corrected chi connectivity index (χ3v) is 3.14. The van der Waals surface area contributed by atoms with Crippen molar-refractivity contribution in [2.75, 3.05) is 14.1 Å². The summed E-state index contributed by atoms with van der Waals surface area (Å²) >= 11 is 0. The third-order valence-electron chi connectivity index (χ3n) is 3.14. The van der Waals surface area contributed by atoms with Crippen molar-refractivity contribution in [3.8, 4) is 11.5 Å². The van der Waals surface area contributed by atoms with Gasteiger partial charge in [0.25, 0.3) is 0 Å². The maximum atomic E-state index is 5.96. The number of hydrogen-bond acceptors (Lipinski definition) is 2. The zero-order chi connectivity index (χ0) is 17.5. The number of ether oxygens (including phenoxy) is 2. The predicted octanol–water partition coefficient (Wildman–Crippen LogP) is 3.20. The van der Waals surface area contributed by atoms with Crippen molar-refractivity contribution >= 4 is 13.4 Å². The Morgan fingerprint density at radius 2 is 1.17 bits per heavy atom. The number of hydrogen-bond donors (Lipinski definition) is 0. The van der Waals surface area contributed by atoms with Crippen molar-refractivity contribution in [2.45, 2.75) is 13.2 Å². The summed E-state index contributed by atoms with van der Waals surface area (Å²) < 4.78 is 15.4. The van der Waals surface area contributed by atoms with Crippen molar-refractivity contribution in [3.63, 3.8) is 0 Å². The number of para-hydroxylation sites is 2. The second kappa shape index (κ2) is 8.11. The highest BCUT2D eigenvalue weighted by Gasteiger charge is 2.08. The Labute approximate surface area is 144 Å². The summed E-state index contributed by atoms with van der Waals surface area (Å²) in [5, 5.41) is 0. The zero-order valence-corrected chi connectivity index (χ0v) is 14.5. The minimum atomic E-state index is -0.445. The fraction of sp³-hybridized carbons (Fsp3) is 0.200. The number of benzene rings is 2. The monoisotopic (exact) mass is 324 g/mol. The zero-order valence-electron chi connectivity index (χ0n) is 14.5. The molecule has 0 atom stereocenters. The summed E-state index contributed by atoms with van der Waals surface area (Å²) in [6.45, 7) is 13.4. The van der Waals surface area contributed by atoms with E-state index in [1.54, 1.807) is 9.15 Å². The SMILES string of the molecule is C=[N+](C)[CH-]c1ccccc1OC(C)Oc1ccccc1[CH-][N+](=C)C. The molecule has 0 heterocycles. The summed E-state index contributed by atoms with van der Waals surface area (Å²) in [5.74, 6) is 1.49. The van der Waals surface area contributed by atoms with Gasteiger partial charge in [-0.1, -0.05) is 24.3 Å². The molecule has 0 N–H and O–H groups in total. The van der Waals surface area contributed by atoms with E-state index in [4.69, 9.17) is 9.47 Å². The van der Waals surface area contributed by atoms with E-state index in [0.29, 0.717) is 0 Å². The summed E-state index contributed by atoms with van der Waals surface area (Å²) in [6.07, 6.45) is -0.445. The van der Waals surface area contributed by atoms with Crippen LogP contribution in [0.3, 0.4) is 0 Å². The van der Waals surface area contributed by atoms with Gasteiger partial charge in [0.15, 0.2) is 0 Å². The minimum Gasteiger partial charge on any atom is -0.502 e. The highest BCUT2D eigenvalue weighted by atomic mass is 16.7. The average molecular weight is 324 g/mol. The van der Waals surface area contributed by atoms with Crippen molar-refractivity contribution < 1.29 is 18.6 Å². The van der Waals surface area contributed by atoms with Crippen molar-refractivity contribution in [1.29, 1.82) is 0 Å². The van der Waals surface area contributed by atoms with E-state index in [2.05, 4.69) is 13.4 Å². The minimum absolute atomic E-state index is 0.445. The van der Waals surface area contributed by atoms with Crippen LogP contribution in [0.4, 0.5) is 0 Å². The molecule has 0 aliphatic rings. The van der Waals surface area contributed by atoms with Crippen LogP contribution in [0.25, 0.3) is 0 Å². The predicted molar refractivity (Wildman–Crippen MR) is 97.0 cm³/mol. The smallest absolute Gasteiger partial charge is 0.218 e. The van der Waals surface area contributed by atoms with Gasteiger partial charge in [0.05, 0.1) is 38.0 Å². The Balaban J connectivity index is 2.10. The molecule has 2 aromatic rings. The Morgan fingerprint density at radius 3 is 1.54 bits per heavy atom. The van der Waals surface area contributed by atoms with Crippen LogP contribution in [-0.2, 0) is 0 Å². The molecule has 2 rings (SSSR count). The first-order chi connectivity index (χ1) is 11.5. The van der Waals surface area contributed by atoms with Gasteiger partial charge >= 0.3 is 0 Å². The lowest BCUT2D eigenvalue weighted by molar-refractivity contribution is -0.438. The van der Waals surface area contributed by atoms with Gasteiger partial charge in [0, 0.05) is 6.92 Å². The standard InChI is InChI=1S/C20H24N2O2/c1-16(23-19-12-8-6-10-17(19)14-21(2)3)24-20-13-9-7-11-18(20)15-22(4)5/h6-16H,2,4H2,1,3,5H3. The topological polar surface area (TPSA) is 24.5 Å². The summed E-state index contributed by atoms with van der Waals surface area (Å²) in [7, 11) is 3.75. The molecule has 0 fully saturated rings. The van der Waals surface area contributed by atoms with Crippen molar-refractivity contribution in [3.05, 3.63) is 72.7 Å². The first kappa shape index (κ1) is 17.5. The molecule has 0 saturated carbocycles. The maximum Gasteiger partial charge on any atom is 0.218 e. The highest BCUT2D eigenvalue weighted by molar-refractivity contribution is 5.39. The van der Waals surface area contributed by atoms with E-state index in [1.807, 2.05) is 82.6 Å². The molecule has 126 valence electrons. The molecule has 0 amide bonds. The molecule has 0 spiro atoms. The van der Waals surface area contributed by atoms with E-state index in [9.17, 15) is 0 Å². The van der Waals surface area contributed by atoms with E-state index in [1.165, 1.54) is 0 Å². The van der Waals surface area contributed by atoms with Crippen LogP contribution in [0.5, 0.6) is 11.5 Å². The molecule has 4 heteroatoms. The van der Waals surface area contributed by atoms with Gasteiger partial charge in [0.2, 0.25) is 6.29 Å².